The number of hydrogen-bond donors (Lipinski definition) is 0. The molecule has 1 aliphatic rings. The molecule has 0 saturated carbocycles. The molecule has 208 valence electrons. The summed E-state index contributed by atoms with van der Waals surface area (Å²) in [5.41, 5.74) is 3.31. The van der Waals surface area contributed by atoms with E-state index in [1.54, 1.807) is 30.9 Å². The fourth-order valence-corrected chi connectivity index (χ4v) is 6.76. The maximum atomic E-state index is 13.8. The molecule has 0 spiro atoms. The molecule has 0 aromatic heterocycles. The van der Waals surface area contributed by atoms with Gasteiger partial charge in [-0.1, -0.05) is 42.8 Å². The summed E-state index contributed by atoms with van der Waals surface area (Å²) in [4.78, 5) is 13.7. The third-order valence-corrected chi connectivity index (χ3v) is 9.43. The Morgan fingerprint density at radius 1 is 1.00 bits per heavy atom. The van der Waals surface area contributed by atoms with Gasteiger partial charge in [0.2, 0.25) is 10.0 Å². The molecule has 1 aliphatic carbocycles. The zero-order valence-electron chi connectivity index (χ0n) is 23.3. The molecule has 39 heavy (non-hydrogen) atoms. The second kappa shape index (κ2) is 12.1. The molecule has 1 atom stereocenters. The molecule has 0 fully saturated rings. The highest BCUT2D eigenvalue weighted by Gasteiger charge is 2.32. The Balaban J connectivity index is 1.57. The molecule has 0 heterocycles. The molecule has 8 heteroatoms. The third kappa shape index (κ3) is 7.04. The van der Waals surface area contributed by atoms with E-state index >= 15 is 0 Å². The van der Waals surface area contributed by atoms with Gasteiger partial charge < -0.3 is 9.47 Å². The van der Waals surface area contributed by atoms with Gasteiger partial charge in [0.05, 0.1) is 10.9 Å². The molecule has 3 aromatic rings. The molecule has 4 rings (SSSR count). The number of rotatable bonds is 8. The van der Waals surface area contributed by atoms with Crippen LogP contribution in [0.4, 0.5) is 0 Å². The normalized spacial score (nSPS) is 15.9. The SMILES string of the molecule is CSc1cccc(-c2ccc(S(=O)(=O)N(C)C3CCCCc4c(OCC(=O)OC(C)(C)C)cccc43)cc2)c1. The molecular formula is C31H37NO5S2. The average Bonchev–Trinajstić information content (AvgIpc) is 3.13. The van der Waals surface area contributed by atoms with Crippen LogP contribution in [0.1, 0.15) is 57.2 Å². The van der Waals surface area contributed by atoms with E-state index in [-0.39, 0.29) is 17.5 Å². The minimum absolute atomic E-state index is 0.196. The van der Waals surface area contributed by atoms with Gasteiger partial charge in [-0.2, -0.15) is 4.31 Å². The van der Waals surface area contributed by atoms with E-state index in [4.69, 9.17) is 9.47 Å². The van der Waals surface area contributed by atoms with E-state index < -0.39 is 21.6 Å². The minimum atomic E-state index is -3.75. The van der Waals surface area contributed by atoms with Crippen LogP contribution >= 0.6 is 11.8 Å². The lowest BCUT2D eigenvalue weighted by Gasteiger charge is -2.29. The molecule has 0 saturated heterocycles. The number of thioether (sulfide) groups is 1. The summed E-state index contributed by atoms with van der Waals surface area (Å²) in [6.45, 7) is 5.25. The predicted molar refractivity (Wildman–Crippen MR) is 157 cm³/mol. The van der Waals surface area contributed by atoms with Crippen LogP contribution in [0.5, 0.6) is 5.75 Å². The van der Waals surface area contributed by atoms with Crippen LogP contribution in [0.25, 0.3) is 11.1 Å². The summed E-state index contributed by atoms with van der Waals surface area (Å²) in [7, 11) is -2.10. The van der Waals surface area contributed by atoms with Gasteiger partial charge in [-0.15, -0.1) is 11.8 Å². The molecule has 0 amide bonds. The quantitative estimate of drug-likeness (QED) is 0.168. The van der Waals surface area contributed by atoms with Gasteiger partial charge in [0.1, 0.15) is 11.4 Å². The first kappa shape index (κ1) is 29.2. The second-order valence-corrected chi connectivity index (χ2v) is 13.6. The first-order chi connectivity index (χ1) is 18.5. The Labute approximate surface area is 236 Å². The van der Waals surface area contributed by atoms with Gasteiger partial charge in [0.25, 0.3) is 0 Å². The van der Waals surface area contributed by atoms with Crippen molar-refractivity contribution in [2.24, 2.45) is 0 Å². The van der Waals surface area contributed by atoms with Gasteiger partial charge in [-0.3, -0.25) is 0 Å². The number of carbonyl (C=O) groups is 1. The Bertz CT molecular complexity index is 1410. The van der Waals surface area contributed by atoms with Crippen molar-refractivity contribution < 1.29 is 22.7 Å². The highest BCUT2D eigenvalue weighted by atomic mass is 32.2. The predicted octanol–water partition coefficient (Wildman–Crippen LogP) is 6.88. The van der Waals surface area contributed by atoms with Crippen LogP contribution in [0.15, 0.2) is 76.5 Å². The van der Waals surface area contributed by atoms with Crippen molar-refractivity contribution in [2.75, 3.05) is 19.9 Å². The van der Waals surface area contributed by atoms with Gasteiger partial charge in [0, 0.05) is 11.9 Å². The highest BCUT2D eigenvalue weighted by Crippen LogP contribution is 2.39. The minimum Gasteiger partial charge on any atom is -0.482 e. The van der Waals surface area contributed by atoms with Gasteiger partial charge >= 0.3 is 5.97 Å². The van der Waals surface area contributed by atoms with E-state index in [1.807, 2.05) is 69.5 Å². The molecule has 3 aromatic carbocycles. The number of sulfonamides is 1. The smallest absolute Gasteiger partial charge is 0.344 e. The largest absolute Gasteiger partial charge is 0.482 e. The Morgan fingerprint density at radius 2 is 1.72 bits per heavy atom. The summed E-state index contributed by atoms with van der Waals surface area (Å²) < 4.78 is 40.3. The Kier molecular flexibility index (Phi) is 9.09. The van der Waals surface area contributed by atoms with Crippen molar-refractivity contribution in [1.82, 2.24) is 4.31 Å². The molecule has 0 N–H and O–H groups in total. The lowest BCUT2D eigenvalue weighted by atomic mass is 9.98. The molecular weight excluding hydrogens is 530 g/mol. The summed E-state index contributed by atoms with van der Waals surface area (Å²) in [5, 5.41) is 0. The fraction of sp³-hybridized carbons (Fsp3) is 0.387. The van der Waals surface area contributed by atoms with Crippen molar-refractivity contribution in [3.63, 3.8) is 0 Å². The third-order valence-electron chi connectivity index (χ3n) is 6.82. The number of esters is 1. The zero-order chi connectivity index (χ0) is 28.2. The average molecular weight is 568 g/mol. The number of ether oxygens (including phenoxy) is 2. The Hall–Kier alpha value is -2.81. The van der Waals surface area contributed by atoms with E-state index in [1.165, 1.54) is 4.31 Å². The fourth-order valence-electron chi connectivity index (χ4n) is 4.93. The van der Waals surface area contributed by atoms with Crippen LogP contribution in [0.3, 0.4) is 0 Å². The second-order valence-electron chi connectivity index (χ2n) is 10.7. The van der Waals surface area contributed by atoms with Crippen molar-refractivity contribution >= 4 is 27.8 Å². The van der Waals surface area contributed by atoms with Crippen LogP contribution in [-0.4, -0.2) is 44.2 Å². The lowest BCUT2D eigenvalue weighted by molar-refractivity contribution is -0.157. The van der Waals surface area contributed by atoms with E-state index in [0.717, 1.165) is 46.4 Å². The molecule has 1 unspecified atom stereocenters. The maximum Gasteiger partial charge on any atom is 0.344 e. The van der Waals surface area contributed by atoms with E-state index in [2.05, 4.69) is 12.1 Å². The van der Waals surface area contributed by atoms with Crippen LogP contribution in [0, 0.1) is 0 Å². The first-order valence-corrected chi connectivity index (χ1v) is 15.8. The van der Waals surface area contributed by atoms with E-state index in [0.29, 0.717) is 12.2 Å². The summed E-state index contributed by atoms with van der Waals surface area (Å²) >= 11 is 1.67. The molecule has 0 bridgehead atoms. The number of fused-ring (bicyclic) bond motifs is 1. The van der Waals surface area contributed by atoms with Crippen molar-refractivity contribution in [1.29, 1.82) is 0 Å². The van der Waals surface area contributed by atoms with Crippen molar-refractivity contribution in [3.8, 4) is 16.9 Å². The van der Waals surface area contributed by atoms with E-state index in [9.17, 15) is 13.2 Å². The van der Waals surface area contributed by atoms with Crippen LogP contribution < -0.4 is 4.74 Å². The van der Waals surface area contributed by atoms with Crippen LogP contribution in [-0.2, 0) is 26.0 Å². The first-order valence-electron chi connectivity index (χ1n) is 13.2. The number of carbonyl (C=O) groups excluding carboxylic acids is 1. The number of nitrogens with zero attached hydrogens (tertiary/aromatic N) is 1. The zero-order valence-corrected chi connectivity index (χ0v) is 24.9. The van der Waals surface area contributed by atoms with Crippen molar-refractivity contribution in [2.45, 2.75) is 67.9 Å². The van der Waals surface area contributed by atoms with Gasteiger partial charge in [0.15, 0.2) is 6.61 Å². The van der Waals surface area contributed by atoms with Crippen molar-refractivity contribution in [3.05, 3.63) is 77.9 Å². The maximum absolute atomic E-state index is 13.8. The Morgan fingerprint density at radius 3 is 2.41 bits per heavy atom. The van der Waals surface area contributed by atoms with Gasteiger partial charge in [-0.05, 0) is 98.9 Å². The van der Waals surface area contributed by atoms with Gasteiger partial charge in [-0.25, -0.2) is 13.2 Å². The molecule has 0 radical (unpaired) electrons. The molecule has 0 aliphatic heterocycles. The topological polar surface area (TPSA) is 72.9 Å². The number of benzene rings is 3. The summed E-state index contributed by atoms with van der Waals surface area (Å²) in [6, 6.07) is 20.6. The number of hydrogen-bond acceptors (Lipinski definition) is 6. The standard InChI is InChI=1S/C31H37NO5S2/c1-31(2,3)37-30(33)21-36-29-15-9-13-26-27(29)12-6-7-14-28(26)32(4)39(34,35)25-18-16-22(17-19-25)23-10-8-11-24(20-23)38-5/h8-11,13,15-20,28H,6-7,12,14,21H2,1-5H3. The summed E-state index contributed by atoms with van der Waals surface area (Å²) in [5.74, 6) is 0.168. The van der Waals surface area contributed by atoms with Crippen LogP contribution in [0.2, 0.25) is 0 Å². The lowest BCUT2D eigenvalue weighted by Crippen LogP contribution is -2.31. The highest BCUT2D eigenvalue weighted by molar-refractivity contribution is 7.98. The summed E-state index contributed by atoms with van der Waals surface area (Å²) in [6.07, 6.45) is 5.29. The molecule has 6 nitrogen and oxygen atoms in total. The monoisotopic (exact) mass is 567 g/mol.